The molecule has 2 aromatic carbocycles. The van der Waals surface area contributed by atoms with Crippen molar-refractivity contribution in [2.45, 2.75) is 58.0 Å². The van der Waals surface area contributed by atoms with Crippen LogP contribution in [0.25, 0.3) is 0 Å². The van der Waals surface area contributed by atoms with E-state index in [2.05, 4.69) is 18.5 Å². The summed E-state index contributed by atoms with van der Waals surface area (Å²) in [5.41, 5.74) is 2.02. The molecule has 0 aliphatic heterocycles. The molecule has 0 spiro atoms. The summed E-state index contributed by atoms with van der Waals surface area (Å²) in [6, 6.07) is 18.9. The predicted molar refractivity (Wildman–Crippen MR) is 158 cm³/mol. The van der Waals surface area contributed by atoms with E-state index in [1.165, 1.54) is 0 Å². The number of rotatable bonds is 19. The summed E-state index contributed by atoms with van der Waals surface area (Å²) >= 11 is 0. The highest BCUT2D eigenvalue weighted by Crippen LogP contribution is 2.18. The Hall–Kier alpha value is -3.71. The molecule has 40 heavy (non-hydrogen) atoms. The van der Waals surface area contributed by atoms with Crippen molar-refractivity contribution in [1.82, 2.24) is 10.2 Å². The van der Waals surface area contributed by atoms with Crippen LogP contribution in [0.5, 0.6) is 0 Å². The van der Waals surface area contributed by atoms with Crippen LogP contribution >= 0.6 is 0 Å². The first-order chi connectivity index (χ1) is 19.4. The number of nitrogens with zero attached hydrogens (tertiary/aromatic N) is 1. The molecule has 0 radical (unpaired) electrons. The van der Waals surface area contributed by atoms with Gasteiger partial charge in [0.15, 0.2) is 0 Å². The Kier molecular flexibility index (Phi) is 15.1. The molecule has 7 nitrogen and oxygen atoms in total. The van der Waals surface area contributed by atoms with Crippen molar-refractivity contribution in [3.8, 4) is 0 Å². The van der Waals surface area contributed by atoms with Crippen LogP contribution in [0.1, 0.15) is 50.2 Å². The molecule has 2 aromatic rings. The van der Waals surface area contributed by atoms with Crippen LogP contribution in [-0.2, 0) is 32.1 Å². The molecule has 2 amide bonds. The van der Waals surface area contributed by atoms with Crippen molar-refractivity contribution in [2.75, 3.05) is 19.8 Å². The number of amides is 2. The normalized spacial score (nSPS) is 12.9. The molecule has 0 unspecified atom stereocenters. The summed E-state index contributed by atoms with van der Waals surface area (Å²) < 4.78 is 5.62. The second kappa shape index (κ2) is 18.6. The van der Waals surface area contributed by atoms with Gasteiger partial charge in [0, 0.05) is 19.5 Å². The molecule has 0 saturated carbocycles. The molecule has 0 aromatic heterocycles. The molecule has 0 bridgehead atoms. The van der Waals surface area contributed by atoms with Gasteiger partial charge < -0.3 is 20.1 Å². The highest BCUT2D eigenvalue weighted by atomic mass is 16.5. The Morgan fingerprint density at radius 2 is 1.62 bits per heavy atom. The number of hydrogen-bond donors (Lipinski definition) is 2. The number of ether oxygens (including phenoxy) is 1. The van der Waals surface area contributed by atoms with Gasteiger partial charge in [-0.05, 0) is 50.2 Å². The zero-order valence-electron chi connectivity index (χ0n) is 23.7. The first-order valence-corrected chi connectivity index (χ1v) is 14.0. The van der Waals surface area contributed by atoms with Crippen LogP contribution in [0.4, 0.5) is 0 Å². The summed E-state index contributed by atoms with van der Waals surface area (Å²) in [6.07, 6.45) is 6.73. The average molecular weight is 549 g/mol. The summed E-state index contributed by atoms with van der Waals surface area (Å²) in [5, 5.41) is 12.4. The number of unbranched alkanes of at least 4 members (excludes halogenated alkanes) is 1. The molecule has 0 heterocycles. The summed E-state index contributed by atoms with van der Waals surface area (Å²) in [6.45, 7) is 9.68. The van der Waals surface area contributed by atoms with E-state index in [9.17, 15) is 19.5 Å². The average Bonchev–Trinajstić information content (AvgIpc) is 2.96. The Balaban J connectivity index is 1.93. The van der Waals surface area contributed by atoms with Crippen LogP contribution in [0.2, 0.25) is 0 Å². The van der Waals surface area contributed by atoms with Crippen molar-refractivity contribution in [3.63, 3.8) is 0 Å². The minimum absolute atomic E-state index is 0.0142. The lowest BCUT2D eigenvalue weighted by Gasteiger charge is -2.25. The molecular formula is C33H44N2O5. The Morgan fingerprint density at radius 1 is 0.975 bits per heavy atom. The lowest BCUT2D eigenvalue weighted by Crippen LogP contribution is -2.42. The van der Waals surface area contributed by atoms with Crippen LogP contribution in [0.15, 0.2) is 86.0 Å². The SMILES string of the molecule is C=CCCC[C@H](Cc1ccccc1)C(=O)OC[C@H](C)NC(=O)[C@@H](CC=C)CC(=O)N(CCO)Cc1ccccc1. The number of nitrogens with one attached hydrogen (secondary N) is 1. The fourth-order valence-electron chi connectivity index (χ4n) is 4.48. The number of carbonyl (C=O) groups is 3. The number of benzene rings is 2. The maximum atomic E-state index is 13.1. The number of allylic oxidation sites excluding steroid dienone is 2. The number of aliphatic hydroxyl groups is 1. The third kappa shape index (κ3) is 12.0. The molecule has 2 N–H and O–H groups in total. The number of carbonyl (C=O) groups excluding carboxylic acids is 3. The van der Waals surface area contributed by atoms with Gasteiger partial charge in [0.1, 0.15) is 6.61 Å². The van der Waals surface area contributed by atoms with E-state index in [0.717, 1.165) is 24.0 Å². The molecule has 2 rings (SSSR count). The van der Waals surface area contributed by atoms with Gasteiger partial charge in [-0.3, -0.25) is 14.4 Å². The third-order valence-corrected chi connectivity index (χ3v) is 6.67. The van der Waals surface area contributed by atoms with Crippen molar-refractivity contribution >= 4 is 17.8 Å². The van der Waals surface area contributed by atoms with Crippen LogP contribution in [0.3, 0.4) is 0 Å². The second-order valence-electron chi connectivity index (χ2n) is 10.1. The van der Waals surface area contributed by atoms with E-state index in [1.807, 2.05) is 66.7 Å². The molecule has 0 fully saturated rings. The molecule has 0 saturated heterocycles. The quantitative estimate of drug-likeness (QED) is 0.149. The second-order valence-corrected chi connectivity index (χ2v) is 10.1. The van der Waals surface area contributed by atoms with Crippen molar-refractivity contribution in [1.29, 1.82) is 0 Å². The molecule has 0 aliphatic carbocycles. The van der Waals surface area contributed by atoms with Gasteiger partial charge in [0.05, 0.1) is 24.5 Å². The van der Waals surface area contributed by atoms with Crippen LogP contribution in [0, 0.1) is 11.8 Å². The van der Waals surface area contributed by atoms with Gasteiger partial charge in [-0.1, -0.05) is 72.8 Å². The lowest BCUT2D eigenvalue weighted by molar-refractivity contribution is -0.150. The monoisotopic (exact) mass is 548 g/mol. The maximum absolute atomic E-state index is 13.1. The smallest absolute Gasteiger partial charge is 0.309 e. The molecule has 216 valence electrons. The summed E-state index contributed by atoms with van der Waals surface area (Å²) in [4.78, 5) is 40.7. The minimum atomic E-state index is -0.621. The van der Waals surface area contributed by atoms with Gasteiger partial charge in [-0.2, -0.15) is 0 Å². The van der Waals surface area contributed by atoms with Gasteiger partial charge in [0.2, 0.25) is 11.8 Å². The minimum Gasteiger partial charge on any atom is -0.463 e. The number of aliphatic hydroxyl groups excluding tert-OH is 1. The van der Waals surface area contributed by atoms with Crippen molar-refractivity contribution in [2.24, 2.45) is 11.8 Å². The van der Waals surface area contributed by atoms with E-state index in [-0.39, 0.29) is 49.9 Å². The first-order valence-electron chi connectivity index (χ1n) is 14.0. The van der Waals surface area contributed by atoms with Crippen molar-refractivity contribution < 1.29 is 24.2 Å². The fraction of sp³-hybridized carbons (Fsp3) is 0.424. The Labute approximate surface area is 238 Å². The molecule has 7 heteroatoms. The largest absolute Gasteiger partial charge is 0.463 e. The topological polar surface area (TPSA) is 95.9 Å². The first kappa shape index (κ1) is 32.5. The molecular weight excluding hydrogens is 504 g/mol. The molecule has 3 atom stereocenters. The summed E-state index contributed by atoms with van der Waals surface area (Å²) in [5.74, 6) is -1.70. The fourth-order valence-corrected chi connectivity index (χ4v) is 4.48. The van der Waals surface area contributed by atoms with E-state index in [1.54, 1.807) is 17.9 Å². The van der Waals surface area contributed by atoms with Crippen molar-refractivity contribution in [3.05, 3.63) is 97.1 Å². The predicted octanol–water partition coefficient (Wildman–Crippen LogP) is 4.85. The summed E-state index contributed by atoms with van der Waals surface area (Å²) in [7, 11) is 0. The van der Waals surface area contributed by atoms with Crippen LogP contribution < -0.4 is 5.32 Å². The number of hydrogen-bond acceptors (Lipinski definition) is 5. The Bertz CT molecular complexity index is 1060. The standard InChI is InChI=1S/C33H44N2O5/c1-4-6-9-19-30(22-27-15-10-7-11-16-27)33(39)40-25-26(3)34-32(38)29(14-5-2)23-31(37)35(20-21-36)24-28-17-12-8-13-18-28/h4-5,7-8,10-13,15-18,26,29-30,36H,1-2,6,9,14,19-25H2,3H3,(H,34,38)/t26-,29-,30+/m0/s1. The zero-order chi connectivity index (χ0) is 29.2. The van der Waals surface area contributed by atoms with Gasteiger partial charge >= 0.3 is 5.97 Å². The zero-order valence-corrected chi connectivity index (χ0v) is 23.7. The molecule has 0 aliphatic rings. The van der Waals surface area contributed by atoms with Gasteiger partial charge in [0.25, 0.3) is 0 Å². The van der Waals surface area contributed by atoms with E-state index >= 15 is 0 Å². The maximum Gasteiger partial charge on any atom is 0.309 e. The van der Waals surface area contributed by atoms with E-state index in [4.69, 9.17) is 4.74 Å². The van der Waals surface area contributed by atoms with E-state index < -0.39 is 12.0 Å². The van der Waals surface area contributed by atoms with Gasteiger partial charge in [-0.15, -0.1) is 13.2 Å². The van der Waals surface area contributed by atoms with Crippen LogP contribution in [-0.4, -0.2) is 53.6 Å². The highest BCUT2D eigenvalue weighted by molar-refractivity contribution is 5.86. The van der Waals surface area contributed by atoms with E-state index in [0.29, 0.717) is 25.8 Å². The van der Waals surface area contributed by atoms with Gasteiger partial charge in [-0.25, -0.2) is 0 Å². The lowest BCUT2D eigenvalue weighted by atomic mass is 9.94. The number of esters is 1. The highest BCUT2D eigenvalue weighted by Gasteiger charge is 2.26. The Morgan fingerprint density at radius 3 is 2.23 bits per heavy atom. The third-order valence-electron chi connectivity index (χ3n) is 6.67.